The van der Waals surface area contributed by atoms with Gasteiger partial charge >= 0.3 is 5.97 Å². The van der Waals surface area contributed by atoms with Crippen molar-refractivity contribution in [2.75, 3.05) is 6.54 Å². The van der Waals surface area contributed by atoms with Crippen LogP contribution in [0.4, 0.5) is 0 Å². The number of hydrogen-bond donors (Lipinski definition) is 3. The fraction of sp³-hybridized carbons (Fsp3) is 0.700. The number of aliphatic carboxylic acids is 1. The molecule has 3 unspecified atom stereocenters. The molecule has 0 aromatic carbocycles. The minimum atomic E-state index is -0.953. The molecule has 90 valence electrons. The number of carboxylic acid groups (broad SMARTS) is 1. The molecule has 16 heavy (non-hydrogen) atoms. The second-order valence-corrected chi connectivity index (χ2v) is 3.91. The minimum absolute atomic E-state index is 0.261. The maximum atomic E-state index is 11.5. The number of likely N-dealkylation sites (N-methyl/N-ethyl adjacent to an activating group) is 1. The molecule has 6 heteroatoms. The quantitative estimate of drug-likeness (QED) is 0.582. The molecule has 0 bridgehead atoms. The third-order valence-electron chi connectivity index (χ3n) is 2.55. The molecular formula is C10H16N2O4. The van der Waals surface area contributed by atoms with Gasteiger partial charge in [0.1, 0.15) is 6.04 Å². The van der Waals surface area contributed by atoms with E-state index in [0.717, 1.165) is 0 Å². The third-order valence-corrected chi connectivity index (χ3v) is 2.55. The highest BCUT2D eigenvalue weighted by molar-refractivity contribution is 5.92. The first kappa shape index (κ1) is 12.5. The Morgan fingerprint density at radius 1 is 1.38 bits per heavy atom. The molecule has 0 heterocycles. The van der Waals surface area contributed by atoms with Crippen LogP contribution < -0.4 is 10.6 Å². The van der Waals surface area contributed by atoms with Gasteiger partial charge in [-0.3, -0.25) is 14.4 Å². The van der Waals surface area contributed by atoms with E-state index in [9.17, 15) is 14.4 Å². The van der Waals surface area contributed by atoms with Gasteiger partial charge in [-0.2, -0.15) is 0 Å². The van der Waals surface area contributed by atoms with Crippen LogP contribution in [-0.4, -0.2) is 35.5 Å². The van der Waals surface area contributed by atoms with Gasteiger partial charge in [-0.1, -0.05) is 0 Å². The summed E-state index contributed by atoms with van der Waals surface area (Å²) in [5, 5.41) is 13.7. The van der Waals surface area contributed by atoms with Gasteiger partial charge in [-0.05, 0) is 20.3 Å². The molecule has 0 aromatic rings. The van der Waals surface area contributed by atoms with Crippen molar-refractivity contribution in [1.29, 1.82) is 0 Å². The van der Waals surface area contributed by atoms with Crippen molar-refractivity contribution in [2.24, 2.45) is 11.8 Å². The third kappa shape index (κ3) is 2.95. The van der Waals surface area contributed by atoms with Gasteiger partial charge in [0.25, 0.3) is 0 Å². The van der Waals surface area contributed by atoms with E-state index in [4.69, 9.17) is 5.11 Å². The molecule has 1 aliphatic carbocycles. The van der Waals surface area contributed by atoms with Crippen molar-refractivity contribution < 1.29 is 19.5 Å². The standard InChI is InChI=1S/C10H16N2O4/c1-3-11-8(13)5(2)12-9(14)6-4-7(6)10(15)16/h5-7H,3-4H2,1-2H3,(H,11,13)(H,12,14)(H,15,16). The predicted octanol–water partition coefficient (Wildman–Crippen LogP) is -0.652. The lowest BCUT2D eigenvalue weighted by molar-refractivity contribution is -0.140. The van der Waals surface area contributed by atoms with E-state index in [1.165, 1.54) is 0 Å². The lowest BCUT2D eigenvalue weighted by Gasteiger charge is -2.12. The topological polar surface area (TPSA) is 95.5 Å². The average Bonchev–Trinajstić information content (AvgIpc) is 2.97. The summed E-state index contributed by atoms with van der Waals surface area (Å²) in [5.41, 5.74) is 0. The summed E-state index contributed by atoms with van der Waals surface area (Å²) in [6, 6.07) is -0.623. The Labute approximate surface area is 93.4 Å². The maximum Gasteiger partial charge on any atom is 0.307 e. The van der Waals surface area contributed by atoms with Crippen LogP contribution in [0.15, 0.2) is 0 Å². The number of amides is 2. The predicted molar refractivity (Wildman–Crippen MR) is 55.5 cm³/mol. The summed E-state index contributed by atoms with van der Waals surface area (Å²) in [4.78, 5) is 33.3. The van der Waals surface area contributed by atoms with E-state index in [1.54, 1.807) is 13.8 Å². The maximum absolute atomic E-state index is 11.5. The highest BCUT2D eigenvalue weighted by atomic mass is 16.4. The van der Waals surface area contributed by atoms with E-state index in [0.29, 0.717) is 13.0 Å². The molecule has 6 nitrogen and oxygen atoms in total. The molecule has 1 rings (SSSR count). The fourth-order valence-electron chi connectivity index (χ4n) is 1.47. The Hall–Kier alpha value is -1.59. The van der Waals surface area contributed by atoms with Gasteiger partial charge < -0.3 is 15.7 Å². The molecule has 3 N–H and O–H groups in total. The Balaban J connectivity index is 2.35. The van der Waals surface area contributed by atoms with Gasteiger partial charge in [0.2, 0.25) is 11.8 Å². The van der Waals surface area contributed by atoms with E-state index in [-0.39, 0.29) is 11.8 Å². The van der Waals surface area contributed by atoms with E-state index >= 15 is 0 Å². The van der Waals surface area contributed by atoms with Crippen LogP contribution in [-0.2, 0) is 14.4 Å². The number of carboxylic acids is 1. The normalized spacial score (nSPS) is 24.4. The van der Waals surface area contributed by atoms with Crippen LogP contribution >= 0.6 is 0 Å². The summed E-state index contributed by atoms with van der Waals surface area (Å²) in [6.45, 7) is 3.86. The monoisotopic (exact) mass is 228 g/mol. The van der Waals surface area contributed by atoms with E-state index in [2.05, 4.69) is 10.6 Å². The number of hydrogen-bond acceptors (Lipinski definition) is 3. The lowest BCUT2D eigenvalue weighted by Crippen LogP contribution is -2.45. The SMILES string of the molecule is CCNC(=O)C(C)NC(=O)C1CC1C(=O)O. The average molecular weight is 228 g/mol. The molecule has 1 aliphatic rings. The Bertz CT molecular complexity index is 316. The van der Waals surface area contributed by atoms with Gasteiger partial charge in [0.15, 0.2) is 0 Å². The summed E-state index contributed by atoms with van der Waals surface area (Å²) in [6.07, 6.45) is 0.364. The van der Waals surface area contributed by atoms with Crippen LogP contribution in [0.2, 0.25) is 0 Å². The van der Waals surface area contributed by atoms with Crippen molar-refractivity contribution in [3.8, 4) is 0 Å². The first-order valence-corrected chi connectivity index (χ1v) is 5.28. The Morgan fingerprint density at radius 2 is 2.00 bits per heavy atom. The summed E-state index contributed by atoms with van der Waals surface area (Å²) in [5.74, 6) is -2.63. The minimum Gasteiger partial charge on any atom is -0.481 e. The zero-order chi connectivity index (χ0) is 12.3. The van der Waals surface area contributed by atoms with Crippen LogP contribution in [0.3, 0.4) is 0 Å². The molecule has 1 saturated carbocycles. The van der Waals surface area contributed by atoms with Gasteiger partial charge in [-0.25, -0.2) is 0 Å². The smallest absolute Gasteiger partial charge is 0.307 e. The molecule has 1 fully saturated rings. The molecule has 2 amide bonds. The zero-order valence-corrected chi connectivity index (χ0v) is 9.32. The van der Waals surface area contributed by atoms with Crippen molar-refractivity contribution in [1.82, 2.24) is 10.6 Å². The summed E-state index contributed by atoms with van der Waals surface area (Å²) >= 11 is 0. The first-order valence-electron chi connectivity index (χ1n) is 5.28. The van der Waals surface area contributed by atoms with Crippen LogP contribution in [0, 0.1) is 11.8 Å². The highest BCUT2D eigenvalue weighted by Gasteiger charge is 2.48. The number of nitrogens with one attached hydrogen (secondary N) is 2. The lowest BCUT2D eigenvalue weighted by atomic mass is 10.2. The second-order valence-electron chi connectivity index (χ2n) is 3.91. The second kappa shape index (κ2) is 4.96. The summed E-state index contributed by atoms with van der Waals surface area (Å²) in [7, 11) is 0. The van der Waals surface area contributed by atoms with Crippen LogP contribution in [0.25, 0.3) is 0 Å². The molecule has 0 aromatic heterocycles. The van der Waals surface area contributed by atoms with Crippen LogP contribution in [0.1, 0.15) is 20.3 Å². The van der Waals surface area contributed by atoms with Crippen molar-refractivity contribution >= 4 is 17.8 Å². The molecule has 0 aliphatic heterocycles. The molecule has 0 spiro atoms. The van der Waals surface area contributed by atoms with E-state index < -0.39 is 23.8 Å². The number of carbonyl (C=O) groups is 3. The van der Waals surface area contributed by atoms with Crippen molar-refractivity contribution in [3.63, 3.8) is 0 Å². The number of carbonyl (C=O) groups excluding carboxylic acids is 2. The van der Waals surface area contributed by atoms with Gasteiger partial charge in [0.05, 0.1) is 11.8 Å². The summed E-state index contributed by atoms with van der Waals surface area (Å²) < 4.78 is 0. The van der Waals surface area contributed by atoms with Crippen LogP contribution in [0.5, 0.6) is 0 Å². The fourth-order valence-corrected chi connectivity index (χ4v) is 1.47. The molecule has 3 atom stereocenters. The highest BCUT2D eigenvalue weighted by Crippen LogP contribution is 2.38. The molecular weight excluding hydrogens is 212 g/mol. The van der Waals surface area contributed by atoms with Crippen molar-refractivity contribution in [3.05, 3.63) is 0 Å². The van der Waals surface area contributed by atoms with Crippen molar-refractivity contribution in [2.45, 2.75) is 26.3 Å². The Morgan fingerprint density at radius 3 is 2.44 bits per heavy atom. The zero-order valence-electron chi connectivity index (χ0n) is 9.32. The molecule has 0 radical (unpaired) electrons. The van der Waals surface area contributed by atoms with E-state index in [1.807, 2.05) is 0 Å². The molecule has 0 saturated heterocycles. The number of rotatable bonds is 5. The van der Waals surface area contributed by atoms with Gasteiger partial charge in [-0.15, -0.1) is 0 Å². The first-order chi connectivity index (χ1) is 7.47. The Kier molecular flexibility index (Phi) is 3.87. The largest absolute Gasteiger partial charge is 0.481 e. The van der Waals surface area contributed by atoms with Gasteiger partial charge in [0, 0.05) is 6.54 Å².